The van der Waals surface area contributed by atoms with Crippen molar-refractivity contribution in [2.75, 3.05) is 11.4 Å². The number of amides is 2. The molecule has 0 aliphatic carbocycles. The van der Waals surface area contributed by atoms with Crippen molar-refractivity contribution in [1.82, 2.24) is 10.4 Å². The highest BCUT2D eigenvalue weighted by Crippen LogP contribution is 2.48. The number of para-hydroxylation sites is 2. The van der Waals surface area contributed by atoms with Crippen molar-refractivity contribution in [2.24, 2.45) is 0 Å². The van der Waals surface area contributed by atoms with E-state index in [0.717, 1.165) is 21.2 Å². The number of furan rings is 2. The van der Waals surface area contributed by atoms with Gasteiger partial charge in [-0.15, -0.1) is 0 Å². The number of anilines is 2. The minimum Gasteiger partial charge on any atom is -0.466 e. The fourth-order valence-electron chi connectivity index (χ4n) is 4.04. The van der Waals surface area contributed by atoms with Gasteiger partial charge >= 0.3 is 0 Å². The molecule has 1 N–H and O–H groups in total. The van der Waals surface area contributed by atoms with Gasteiger partial charge in [0.25, 0.3) is 11.8 Å². The normalized spacial score (nSPS) is 18.0. The van der Waals surface area contributed by atoms with Crippen LogP contribution < -0.4 is 10.3 Å². The third-order valence-corrected chi connectivity index (χ3v) is 7.93. The van der Waals surface area contributed by atoms with Gasteiger partial charge in [-0.2, -0.15) is 0 Å². The van der Waals surface area contributed by atoms with Gasteiger partial charge in [-0.1, -0.05) is 47.8 Å². The average Bonchev–Trinajstić information content (AvgIpc) is 3.64. The Hall–Kier alpha value is -3.82. The van der Waals surface area contributed by atoms with Crippen LogP contribution in [0, 0.1) is 0 Å². The quantitative estimate of drug-likeness (QED) is 0.345. The van der Waals surface area contributed by atoms with Crippen LogP contribution in [0.1, 0.15) is 16.9 Å². The monoisotopic (exact) mass is 501 g/mol. The molecule has 0 bridgehead atoms. The third-order valence-electron chi connectivity index (χ3n) is 5.58. The molecular formula is C26H19N3O4S2. The van der Waals surface area contributed by atoms with Crippen molar-refractivity contribution in [2.45, 2.75) is 15.2 Å². The molecule has 1 saturated heterocycles. The summed E-state index contributed by atoms with van der Waals surface area (Å²) in [5.41, 5.74) is 4.74. The molecule has 174 valence electrons. The van der Waals surface area contributed by atoms with Crippen LogP contribution >= 0.6 is 23.5 Å². The van der Waals surface area contributed by atoms with Crippen LogP contribution in [0.25, 0.3) is 6.08 Å². The highest BCUT2D eigenvalue weighted by atomic mass is 32.2. The molecule has 2 aliphatic rings. The number of nitrogens with one attached hydrogen (secondary N) is 1. The number of carbonyl (C=O) groups is 2. The molecule has 6 rings (SSSR count). The Bertz CT molecular complexity index is 1370. The first-order valence-corrected chi connectivity index (χ1v) is 12.6. The highest BCUT2D eigenvalue weighted by Gasteiger charge is 2.40. The average molecular weight is 502 g/mol. The topological polar surface area (TPSA) is 78.9 Å². The molecule has 4 aromatic rings. The van der Waals surface area contributed by atoms with Gasteiger partial charge in [0, 0.05) is 15.9 Å². The maximum Gasteiger partial charge on any atom is 0.280 e. The number of hydrogen-bond acceptors (Lipinski definition) is 7. The predicted octanol–water partition coefficient (Wildman–Crippen LogP) is 5.82. The van der Waals surface area contributed by atoms with Gasteiger partial charge in [0.1, 0.15) is 18.1 Å². The number of nitrogens with zero attached hydrogens (tertiary/aromatic N) is 2. The van der Waals surface area contributed by atoms with E-state index < -0.39 is 5.37 Å². The summed E-state index contributed by atoms with van der Waals surface area (Å²) in [7, 11) is 0. The number of hydrazine groups is 1. The van der Waals surface area contributed by atoms with Gasteiger partial charge in [0.2, 0.25) is 0 Å². The first-order chi connectivity index (χ1) is 17.2. The molecule has 1 fully saturated rings. The van der Waals surface area contributed by atoms with Crippen LogP contribution in [0.2, 0.25) is 0 Å². The summed E-state index contributed by atoms with van der Waals surface area (Å²) in [6, 6.07) is 23.0. The minimum absolute atomic E-state index is 0.0468. The molecule has 9 heteroatoms. The zero-order chi connectivity index (χ0) is 23.8. The Morgan fingerprint density at radius 2 is 1.60 bits per heavy atom. The van der Waals surface area contributed by atoms with Crippen molar-refractivity contribution < 1.29 is 18.4 Å². The van der Waals surface area contributed by atoms with Gasteiger partial charge in [-0.3, -0.25) is 15.0 Å². The Balaban J connectivity index is 1.28. The van der Waals surface area contributed by atoms with Crippen LogP contribution in [0.4, 0.5) is 11.4 Å². The molecule has 2 aromatic heterocycles. The maximum atomic E-state index is 13.3. The van der Waals surface area contributed by atoms with Crippen LogP contribution in [0.5, 0.6) is 0 Å². The lowest BCUT2D eigenvalue weighted by atomic mass is 10.2. The molecule has 0 spiro atoms. The number of fused-ring (bicyclic) bond motifs is 2. The zero-order valence-corrected chi connectivity index (χ0v) is 19.9. The number of thioether (sulfide) groups is 1. The Labute approximate surface area is 209 Å². The highest BCUT2D eigenvalue weighted by molar-refractivity contribution is 8.04. The van der Waals surface area contributed by atoms with Crippen molar-refractivity contribution >= 4 is 52.8 Å². The summed E-state index contributed by atoms with van der Waals surface area (Å²) < 4.78 is 10.9. The lowest BCUT2D eigenvalue weighted by molar-refractivity contribution is -0.137. The zero-order valence-electron chi connectivity index (χ0n) is 18.3. The standard InChI is InChI=1S/C26H19N3O4S2/c30-24(16-28-18-8-1-3-11-21(18)34-22-12-4-2-9-19(22)28)27-29-25(31)23(15-17-7-5-13-32-17)35-26(29)20-10-6-14-33-20/h1-15,26H,16H2,(H,27,30)/b23-15+. The van der Waals surface area contributed by atoms with Crippen LogP contribution in [-0.4, -0.2) is 23.4 Å². The Kier molecular flexibility index (Phi) is 5.63. The van der Waals surface area contributed by atoms with Gasteiger partial charge in [0.05, 0.1) is 28.8 Å². The fourth-order valence-corrected chi connectivity index (χ4v) is 6.26. The molecular weight excluding hydrogens is 482 g/mol. The Morgan fingerprint density at radius 3 is 2.26 bits per heavy atom. The van der Waals surface area contributed by atoms with Crippen molar-refractivity contribution in [1.29, 1.82) is 0 Å². The van der Waals surface area contributed by atoms with Crippen LogP contribution in [0.15, 0.2) is 109 Å². The molecule has 2 amide bonds. The second-order valence-electron chi connectivity index (χ2n) is 7.84. The maximum absolute atomic E-state index is 13.3. The van der Waals surface area contributed by atoms with E-state index in [0.29, 0.717) is 16.4 Å². The molecule has 0 radical (unpaired) electrons. The summed E-state index contributed by atoms with van der Waals surface area (Å²) in [6.07, 6.45) is 4.77. The van der Waals surface area contributed by atoms with Crippen molar-refractivity contribution in [3.8, 4) is 0 Å². The summed E-state index contributed by atoms with van der Waals surface area (Å²) in [6.45, 7) is 0.0468. The molecule has 2 aliphatic heterocycles. The van der Waals surface area contributed by atoms with E-state index >= 15 is 0 Å². The molecule has 1 atom stereocenters. The second-order valence-corrected chi connectivity index (χ2v) is 10.0. The predicted molar refractivity (Wildman–Crippen MR) is 135 cm³/mol. The molecule has 35 heavy (non-hydrogen) atoms. The lowest BCUT2D eigenvalue weighted by Crippen LogP contribution is -2.47. The minimum atomic E-state index is -0.529. The number of carbonyl (C=O) groups excluding carboxylic acids is 2. The SMILES string of the molecule is O=C(CN1c2ccccc2Sc2ccccc21)NN1C(=O)/C(=C\c2ccco2)SC1c1ccco1. The molecule has 4 heterocycles. The van der Waals surface area contributed by atoms with Gasteiger partial charge in [0.15, 0.2) is 5.37 Å². The molecule has 7 nitrogen and oxygen atoms in total. The number of benzene rings is 2. The summed E-state index contributed by atoms with van der Waals surface area (Å²) in [4.78, 5) is 31.2. The van der Waals surface area contributed by atoms with E-state index in [9.17, 15) is 9.59 Å². The smallest absolute Gasteiger partial charge is 0.280 e. The second kappa shape index (κ2) is 9.09. The van der Waals surface area contributed by atoms with Crippen LogP contribution in [0.3, 0.4) is 0 Å². The van der Waals surface area contributed by atoms with Crippen molar-refractivity contribution in [3.05, 3.63) is 102 Å². The number of hydrogen-bond donors (Lipinski definition) is 1. The summed E-state index contributed by atoms with van der Waals surface area (Å²) in [5, 5.41) is 0.802. The first-order valence-electron chi connectivity index (χ1n) is 10.9. The Morgan fingerprint density at radius 1 is 0.914 bits per heavy atom. The van der Waals surface area contributed by atoms with Crippen molar-refractivity contribution in [3.63, 3.8) is 0 Å². The van der Waals surface area contributed by atoms with E-state index in [2.05, 4.69) is 5.43 Å². The summed E-state index contributed by atoms with van der Waals surface area (Å²) >= 11 is 2.98. The van der Waals surface area contributed by atoms with E-state index in [4.69, 9.17) is 8.83 Å². The molecule has 1 unspecified atom stereocenters. The van der Waals surface area contributed by atoms with Gasteiger partial charge in [-0.05, 0) is 48.5 Å². The molecule has 0 saturated carbocycles. The van der Waals surface area contributed by atoms with E-state index in [1.54, 1.807) is 54.6 Å². The lowest BCUT2D eigenvalue weighted by Gasteiger charge is -2.33. The fraction of sp³-hybridized carbons (Fsp3) is 0.0769. The van der Waals surface area contributed by atoms with E-state index in [1.165, 1.54) is 16.8 Å². The van der Waals surface area contributed by atoms with Gasteiger partial charge in [-0.25, -0.2) is 5.01 Å². The first kappa shape index (κ1) is 21.7. The number of rotatable bonds is 5. The van der Waals surface area contributed by atoms with E-state index in [1.807, 2.05) is 53.4 Å². The third kappa shape index (κ3) is 4.13. The van der Waals surface area contributed by atoms with Gasteiger partial charge < -0.3 is 13.7 Å². The largest absolute Gasteiger partial charge is 0.466 e. The van der Waals surface area contributed by atoms with Crippen LogP contribution in [-0.2, 0) is 9.59 Å². The molecule has 2 aromatic carbocycles. The summed E-state index contributed by atoms with van der Waals surface area (Å²) in [5.74, 6) is 0.491. The van der Waals surface area contributed by atoms with E-state index in [-0.39, 0.29) is 18.4 Å².